The fourth-order valence-corrected chi connectivity index (χ4v) is 2.06. The lowest BCUT2D eigenvalue weighted by atomic mass is 10.2. The lowest BCUT2D eigenvalue weighted by Crippen LogP contribution is -2.36. The Morgan fingerprint density at radius 1 is 1.29 bits per heavy atom. The monoisotopic (exact) mass is 247 g/mol. The fraction of sp³-hybridized carbons (Fsp3) is 1.00. The van der Waals surface area contributed by atoms with Gasteiger partial charge in [0.1, 0.15) is 0 Å². The molecule has 0 bridgehead atoms. The van der Waals surface area contributed by atoms with Gasteiger partial charge in [0.05, 0.1) is 32.0 Å². The third-order valence-corrected chi connectivity index (χ3v) is 3.10. The molecule has 0 saturated heterocycles. The molecule has 2 N–H and O–H groups in total. The Balaban J connectivity index is 1.98. The van der Waals surface area contributed by atoms with Crippen LogP contribution in [0.2, 0.25) is 0 Å². The third-order valence-electron chi connectivity index (χ3n) is 3.10. The van der Waals surface area contributed by atoms with Gasteiger partial charge in [0.2, 0.25) is 0 Å². The van der Waals surface area contributed by atoms with Crippen LogP contribution in [0.15, 0.2) is 0 Å². The van der Waals surface area contributed by atoms with Crippen molar-refractivity contribution in [3.8, 4) is 0 Å². The van der Waals surface area contributed by atoms with E-state index in [1.165, 1.54) is 0 Å². The maximum absolute atomic E-state index is 9.67. The van der Waals surface area contributed by atoms with Gasteiger partial charge < -0.3 is 24.6 Å². The summed E-state index contributed by atoms with van der Waals surface area (Å²) in [6.45, 7) is 2.03. The van der Waals surface area contributed by atoms with E-state index >= 15 is 0 Å². The Labute approximate surface area is 103 Å². The number of ether oxygens (including phenoxy) is 3. The number of nitrogens with one attached hydrogen (secondary N) is 1. The summed E-state index contributed by atoms with van der Waals surface area (Å²) in [6, 6.07) is 0.466. The second kappa shape index (κ2) is 8.83. The van der Waals surface area contributed by atoms with Crippen molar-refractivity contribution < 1.29 is 19.3 Å². The van der Waals surface area contributed by atoms with Gasteiger partial charge in [-0.15, -0.1) is 0 Å². The standard InChI is InChI=1S/C12H25NO4/c1-15-5-6-17-9-11(14)8-13-10-3-4-12(7-10)16-2/h10-14H,3-9H2,1-2H3. The van der Waals surface area contributed by atoms with E-state index in [0.29, 0.717) is 38.5 Å². The summed E-state index contributed by atoms with van der Waals surface area (Å²) >= 11 is 0. The van der Waals surface area contributed by atoms with Crippen LogP contribution in [0.3, 0.4) is 0 Å². The molecule has 17 heavy (non-hydrogen) atoms. The van der Waals surface area contributed by atoms with Crippen LogP contribution in [-0.2, 0) is 14.2 Å². The number of aliphatic hydroxyl groups is 1. The molecule has 1 aliphatic rings. The second-order valence-corrected chi connectivity index (χ2v) is 4.50. The van der Waals surface area contributed by atoms with Crippen LogP contribution in [0, 0.1) is 0 Å². The molecular weight excluding hydrogens is 222 g/mol. The number of methoxy groups -OCH3 is 2. The summed E-state index contributed by atoms with van der Waals surface area (Å²) in [6.07, 6.45) is 3.19. The zero-order valence-electron chi connectivity index (χ0n) is 10.9. The molecule has 1 rings (SSSR count). The summed E-state index contributed by atoms with van der Waals surface area (Å²) in [5, 5.41) is 13.0. The maximum atomic E-state index is 9.67. The fourth-order valence-electron chi connectivity index (χ4n) is 2.06. The van der Waals surface area contributed by atoms with E-state index in [4.69, 9.17) is 14.2 Å². The molecule has 0 heterocycles. The molecule has 0 aromatic rings. The van der Waals surface area contributed by atoms with Crippen molar-refractivity contribution >= 4 is 0 Å². The molecule has 3 unspecified atom stereocenters. The summed E-state index contributed by atoms with van der Waals surface area (Å²) in [7, 11) is 3.39. The van der Waals surface area contributed by atoms with Crippen LogP contribution in [0.1, 0.15) is 19.3 Å². The molecule has 3 atom stereocenters. The SMILES string of the molecule is COCCOCC(O)CNC1CCC(OC)C1. The Morgan fingerprint density at radius 2 is 2.12 bits per heavy atom. The normalized spacial score (nSPS) is 26.3. The molecule has 0 aromatic heterocycles. The van der Waals surface area contributed by atoms with E-state index in [1.54, 1.807) is 14.2 Å². The van der Waals surface area contributed by atoms with Gasteiger partial charge in [-0.3, -0.25) is 0 Å². The molecule has 1 saturated carbocycles. The Hall–Kier alpha value is -0.200. The Morgan fingerprint density at radius 3 is 2.76 bits per heavy atom. The molecule has 1 fully saturated rings. The highest BCUT2D eigenvalue weighted by Crippen LogP contribution is 2.21. The van der Waals surface area contributed by atoms with E-state index in [2.05, 4.69) is 5.32 Å². The number of aliphatic hydroxyl groups excluding tert-OH is 1. The van der Waals surface area contributed by atoms with Crippen LogP contribution in [-0.4, -0.2) is 63.9 Å². The van der Waals surface area contributed by atoms with E-state index in [9.17, 15) is 5.11 Å². The summed E-state index contributed by atoms with van der Waals surface area (Å²) in [4.78, 5) is 0. The lowest BCUT2D eigenvalue weighted by Gasteiger charge is -2.16. The lowest BCUT2D eigenvalue weighted by molar-refractivity contribution is 0.0127. The van der Waals surface area contributed by atoms with Gasteiger partial charge in [-0.2, -0.15) is 0 Å². The largest absolute Gasteiger partial charge is 0.389 e. The molecular formula is C12H25NO4. The zero-order valence-corrected chi connectivity index (χ0v) is 10.9. The van der Waals surface area contributed by atoms with Crippen molar-refractivity contribution in [1.29, 1.82) is 0 Å². The summed E-state index contributed by atoms with van der Waals surface area (Å²) in [5.74, 6) is 0. The first-order valence-corrected chi connectivity index (χ1v) is 6.27. The number of rotatable bonds is 9. The predicted octanol–water partition coefficient (Wildman–Crippen LogP) is 0.167. The van der Waals surface area contributed by atoms with Crippen LogP contribution in [0.4, 0.5) is 0 Å². The topological polar surface area (TPSA) is 60.0 Å². The number of hydrogen-bond acceptors (Lipinski definition) is 5. The Kier molecular flexibility index (Phi) is 7.72. The number of hydrogen-bond donors (Lipinski definition) is 2. The minimum atomic E-state index is -0.451. The molecule has 102 valence electrons. The highest BCUT2D eigenvalue weighted by molar-refractivity contribution is 4.81. The van der Waals surface area contributed by atoms with Gasteiger partial charge in [0.15, 0.2) is 0 Å². The average molecular weight is 247 g/mol. The van der Waals surface area contributed by atoms with Crippen LogP contribution in [0.5, 0.6) is 0 Å². The molecule has 0 radical (unpaired) electrons. The van der Waals surface area contributed by atoms with E-state index < -0.39 is 6.10 Å². The van der Waals surface area contributed by atoms with Crippen LogP contribution >= 0.6 is 0 Å². The zero-order chi connectivity index (χ0) is 12.5. The first-order valence-electron chi connectivity index (χ1n) is 6.27. The summed E-state index contributed by atoms with van der Waals surface area (Å²) in [5.41, 5.74) is 0. The van der Waals surface area contributed by atoms with Crippen molar-refractivity contribution in [3.05, 3.63) is 0 Å². The quantitative estimate of drug-likeness (QED) is 0.569. The maximum Gasteiger partial charge on any atom is 0.0897 e. The minimum Gasteiger partial charge on any atom is -0.389 e. The molecule has 5 heteroatoms. The van der Waals surface area contributed by atoms with Gasteiger partial charge >= 0.3 is 0 Å². The van der Waals surface area contributed by atoms with Gasteiger partial charge in [-0.1, -0.05) is 0 Å². The van der Waals surface area contributed by atoms with Crippen molar-refractivity contribution in [2.75, 3.05) is 40.6 Å². The van der Waals surface area contributed by atoms with Gasteiger partial charge in [-0.25, -0.2) is 0 Å². The van der Waals surface area contributed by atoms with Crippen LogP contribution < -0.4 is 5.32 Å². The van der Waals surface area contributed by atoms with E-state index in [0.717, 1.165) is 19.3 Å². The average Bonchev–Trinajstić information content (AvgIpc) is 2.80. The van der Waals surface area contributed by atoms with Gasteiger partial charge in [0, 0.05) is 26.8 Å². The smallest absolute Gasteiger partial charge is 0.0897 e. The predicted molar refractivity (Wildman–Crippen MR) is 65.1 cm³/mol. The molecule has 5 nitrogen and oxygen atoms in total. The Bertz CT molecular complexity index is 191. The summed E-state index contributed by atoms with van der Waals surface area (Å²) < 4.78 is 15.4. The molecule has 0 amide bonds. The second-order valence-electron chi connectivity index (χ2n) is 4.50. The first-order chi connectivity index (χ1) is 8.26. The van der Waals surface area contributed by atoms with Crippen molar-refractivity contribution in [2.45, 2.75) is 37.5 Å². The van der Waals surface area contributed by atoms with Crippen LogP contribution in [0.25, 0.3) is 0 Å². The van der Waals surface area contributed by atoms with Crippen molar-refractivity contribution in [2.24, 2.45) is 0 Å². The first kappa shape index (κ1) is 14.9. The minimum absolute atomic E-state index is 0.358. The highest BCUT2D eigenvalue weighted by Gasteiger charge is 2.24. The third kappa shape index (κ3) is 6.33. The van der Waals surface area contributed by atoms with Gasteiger partial charge in [-0.05, 0) is 19.3 Å². The molecule has 0 aromatic carbocycles. The highest BCUT2D eigenvalue weighted by atomic mass is 16.5. The molecule has 0 aliphatic heterocycles. The van der Waals surface area contributed by atoms with E-state index in [-0.39, 0.29) is 0 Å². The van der Waals surface area contributed by atoms with E-state index in [1.807, 2.05) is 0 Å². The van der Waals surface area contributed by atoms with Gasteiger partial charge in [0.25, 0.3) is 0 Å². The molecule has 0 spiro atoms. The van der Waals surface area contributed by atoms with Crippen molar-refractivity contribution in [1.82, 2.24) is 5.32 Å². The molecule has 1 aliphatic carbocycles. The van der Waals surface area contributed by atoms with Crippen molar-refractivity contribution in [3.63, 3.8) is 0 Å².